The third-order valence-electron chi connectivity index (χ3n) is 15.4. The lowest BCUT2D eigenvalue weighted by atomic mass is 9.94. The van der Waals surface area contributed by atoms with Gasteiger partial charge in [0.25, 0.3) is 0 Å². The summed E-state index contributed by atoms with van der Waals surface area (Å²) >= 11 is 0. The van der Waals surface area contributed by atoms with Crippen molar-refractivity contribution in [2.24, 2.45) is 0 Å². The summed E-state index contributed by atoms with van der Waals surface area (Å²) in [5.74, 6) is 0. The van der Waals surface area contributed by atoms with Gasteiger partial charge in [-0.3, -0.25) is 0 Å². The lowest BCUT2D eigenvalue weighted by Crippen LogP contribution is -2.02. The molecule has 0 unspecified atom stereocenters. The van der Waals surface area contributed by atoms with E-state index in [0.29, 0.717) is 33.8 Å². The summed E-state index contributed by atoms with van der Waals surface area (Å²) in [7, 11) is 0. The first-order valence-corrected chi connectivity index (χ1v) is 26.1. The first-order valence-electron chi connectivity index (χ1n) is 26.1. The van der Waals surface area contributed by atoms with E-state index in [-0.39, 0.29) is 0 Å². The summed E-state index contributed by atoms with van der Waals surface area (Å²) < 4.78 is 4.61. The molecular weight excluding hydrogens is 989 g/mol. The zero-order chi connectivity index (χ0) is 55.3. The van der Waals surface area contributed by atoms with Gasteiger partial charge in [0.1, 0.15) is 0 Å². The van der Waals surface area contributed by atoms with Crippen molar-refractivity contribution in [3.05, 3.63) is 281 Å². The molecule has 0 N–H and O–H groups in total. The quantitative estimate of drug-likeness (QED) is 0.142. The second-order valence-corrected chi connectivity index (χ2v) is 20.0. The van der Waals surface area contributed by atoms with Gasteiger partial charge in [-0.1, -0.05) is 127 Å². The maximum Gasteiger partial charge on any atom is 0.189 e. The zero-order valence-electron chi connectivity index (χ0n) is 43.4. The molecule has 13 rings (SSSR count). The molecule has 0 amide bonds. The highest BCUT2D eigenvalue weighted by atomic mass is 15.0. The molecule has 0 fully saturated rings. The Bertz CT molecular complexity index is 4800. The van der Waals surface area contributed by atoms with Crippen LogP contribution in [0.25, 0.3) is 136 Å². The van der Waals surface area contributed by atoms with Gasteiger partial charge in [-0.05, 0) is 165 Å². The fourth-order valence-corrected chi connectivity index (χ4v) is 11.4. The first-order chi connectivity index (χ1) is 39.7. The monoisotopic (exact) mass is 1030 g/mol. The zero-order valence-corrected chi connectivity index (χ0v) is 43.4. The van der Waals surface area contributed by atoms with Crippen molar-refractivity contribution in [1.29, 1.82) is 15.8 Å². The second kappa shape index (κ2) is 19.8. The Morgan fingerprint density at radius 2 is 0.605 bits per heavy atom. The van der Waals surface area contributed by atoms with E-state index in [1.807, 2.05) is 134 Å². The minimum absolute atomic E-state index is 0.476. The van der Waals surface area contributed by atoms with Crippen LogP contribution in [0.5, 0.6) is 0 Å². The number of benzene rings is 11. The first kappa shape index (κ1) is 48.6. The molecule has 8 nitrogen and oxygen atoms in total. The lowest BCUT2D eigenvalue weighted by molar-refractivity contribution is 1.16. The second-order valence-electron chi connectivity index (χ2n) is 20.0. The molecule has 8 heteroatoms. The predicted octanol–water partition coefficient (Wildman–Crippen LogP) is 19.5. The van der Waals surface area contributed by atoms with Crippen molar-refractivity contribution in [2.45, 2.75) is 6.92 Å². The van der Waals surface area contributed by atoms with Gasteiger partial charge in [0.05, 0.1) is 82.4 Å². The third-order valence-corrected chi connectivity index (χ3v) is 15.4. The van der Waals surface area contributed by atoms with Crippen molar-refractivity contribution in [1.82, 2.24) is 9.13 Å². The molecule has 2 heterocycles. The normalized spacial score (nSPS) is 11.0. The summed E-state index contributed by atoms with van der Waals surface area (Å²) in [5.41, 5.74) is 21.4. The number of hydrogen-bond donors (Lipinski definition) is 0. The van der Waals surface area contributed by atoms with E-state index < -0.39 is 0 Å². The molecule has 0 aliphatic rings. The molecule has 13 aromatic rings. The maximum atomic E-state index is 9.91. The average molecular weight is 1030 g/mol. The van der Waals surface area contributed by atoms with Gasteiger partial charge in [-0.25, -0.2) is 14.5 Å². The van der Waals surface area contributed by atoms with Gasteiger partial charge in [-0.15, -0.1) is 0 Å². The number of aryl methyl sites for hydroxylation is 1. The maximum absolute atomic E-state index is 9.91. The van der Waals surface area contributed by atoms with Crippen molar-refractivity contribution < 1.29 is 0 Å². The third kappa shape index (κ3) is 8.46. The summed E-state index contributed by atoms with van der Waals surface area (Å²) in [5, 5.41) is 33.2. The molecule has 0 aliphatic carbocycles. The van der Waals surface area contributed by atoms with Crippen molar-refractivity contribution in [3.63, 3.8) is 0 Å². The minimum Gasteiger partial charge on any atom is -0.310 e. The summed E-state index contributed by atoms with van der Waals surface area (Å²) in [6.45, 7) is 25.6. The summed E-state index contributed by atoms with van der Waals surface area (Å²) in [4.78, 5) is 11.3. The highest BCUT2D eigenvalue weighted by molar-refractivity contribution is 6.14. The molecule has 0 radical (unpaired) electrons. The number of hydrogen-bond acceptors (Lipinski definition) is 3. The fraction of sp³-hybridized carbons (Fsp3) is 0.0137. The van der Waals surface area contributed by atoms with E-state index in [9.17, 15) is 15.8 Å². The number of fused-ring (bicyclic) bond motifs is 6. The van der Waals surface area contributed by atoms with Crippen LogP contribution in [-0.4, -0.2) is 9.13 Å². The molecule has 0 spiro atoms. The van der Waals surface area contributed by atoms with Gasteiger partial charge >= 0.3 is 0 Å². The summed E-state index contributed by atoms with van der Waals surface area (Å²) in [6.07, 6.45) is 0. The molecule has 0 saturated heterocycles. The van der Waals surface area contributed by atoms with Gasteiger partial charge in [-0.2, -0.15) is 15.8 Å². The average Bonchev–Trinajstić information content (AvgIpc) is 4.27. The van der Waals surface area contributed by atoms with Crippen LogP contribution >= 0.6 is 0 Å². The standard InChI is InChI=1S/C73H40N8/c1-45-35-48(44-76)9-28-61(45)57-18-29-62(72(40-57)80-68-31-21-55(51-14-23-58(77-2)24-15-51)38-64(68)65-39-56(22-32-69(65)80)52-16-25-59(78-3)26-17-52)63-30-27-60(79-4)41-73(63)81-70-33-19-53(49-10-5-46(42-74)6-11-49)36-66(70)67-37-54(20-34-71(67)81)50-12-7-47(43-75)8-13-50/h5-41H,1H3. The SMILES string of the molecule is [C-]#[N+]c1ccc(-c2ccc3c(c2)c2cc(-c4ccc([N+]#[C-])cc4)ccc2n3-c2cc(-c3ccc(C#N)cc3C)ccc2-c2ccc([N+]#[C-])cc2-n2c3ccc(-c4ccc(C#N)cc4)cc3c3cc(-c4ccc(C#N)cc4)ccc32)cc1. The predicted molar refractivity (Wildman–Crippen MR) is 325 cm³/mol. The van der Waals surface area contributed by atoms with E-state index in [0.717, 1.165) is 127 Å². The van der Waals surface area contributed by atoms with Crippen molar-refractivity contribution in [3.8, 4) is 96.3 Å². The lowest BCUT2D eigenvalue weighted by Gasteiger charge is -2.21. The topological polar surface area (TPSA) is 94.3 Å². The van der Waals surface area contributed by atoms with Crippen LogP contribution in [-0.2, 0) is 0 Å². The minimum atomic E-state index is 0.476. The van der Waals surface area contributed by atoms with Crippen molar-refractivity contribution in [2.75, 3.05) is 0 Å². The van der Waals surface area contributed by atoms with Crippen LogP contribution in [0.4, 0.5) is 17.1 Å². The molecule has 11 aromatic carbocycles. The van der Waals surface area contributed by atoms with Crippen LogP contribution in [0.3, 0.4) is 0 Å². The van der Waals surface area contributed by atoms with Crippen LogP contribution in [0.15, 0.2) is 224 Å². The fourth-order valence-electron chi connectivity index (χ4n) is 11.4. The number of nitriles is 3. The van der Waals surface area contributed by atoms with Crippen LogP contribution in [0.2, 0.25) is 0 Å². The number of aromatic nitrogens is 2. The van der Waals surface area contributed by atoms with E-state index in [1.54, 1.807) is 0 Å². The van der Waals surface area contributed by atoms with E-state index in [4.69, 9.17) is 19.7 Å². The molecule has 0 aliphatic heterocycles. The number of rotatable bonds is 8. The molecule has 0 bridgehead atoms. The Hall–Kier alpha value is -12.0. The summed E-state index contributed by atoms with van der Waals surface area (Å²) in [6, 6.07) is 81.6. The highest BCUT2D eigenvalue weighted by Gasteiger charge is 2.24. The molecule has 2 aromatic heterocycles. The Morgan fingerprint density at radius 1 is 0.296 bits per heavy atom. The van der Waals surface area contributed by atoms with Crippen LogP contribution in [0, 0.1) is 60.6 Å². The smallest absolute Gasteiger partial charge is 0.189 e. The van der Waals surface area contributed by atoms with E-state index >= 15 is 0 Å². The molecule has 372 valence electrons. The highest BCUT2D eigenvalue weighted by Crippen LogP contribution is 2.46. The largest absolute Gasteiger partial charge is 0.310 e. The van der Waals surface area contributed by atoms with Gasteiger partial charge in [0, 0.05) is 38.4 Å². The van der Waals surface area contributed by atoms with Crippen molar-refractivity contribution >= 4 is 60.7 Å². The Kier molecular flexibility index (Phi) is 11.9. The van der Waals surface area contributed by atoms with Crippen LogP contribution < -0.4 is 0 Å². The Morgan fingerprint density at radius 3 is 0.975 bits per heavy atom. The van der Waals surface area contributed by atoms with Gasteiger partial charge < -0.3 is 9.13 Å². The van der Waals surface area contributed by atoms with Gasteiger partial charge in [0.15, 0.2) is 17.1 Å². The van der Waals surface area contributed by atoms with Gasteiger partial charge in [0.2, 0.25) is 0 Å². The molecule has 0 saturated carbocycles. The number of nitrogens with zero attached hydrogens (tertiary/aromatic N) is 8. The molecule has 81 heavy (non-hydrogen) atoms. The molecule has 0 atom stereocenters. The molecular formula is C73H40N8. The Balaban J connectivity index is 1.10. The Labute approximate surface area is 467 Å². The van der Waals surface area contributed by atoms with E-state index in [1.165, 1.54) is 0 Å². The van der Waals surface area contributed by atoms with Crippen LogP contribution in [0.1, 0.15) is 22.3 Å². The van der Waals surface area contributed by atoms with E-state index in [2.05, 4.69) is 139 Å².